The van der Waals surface area contributed by atoms with Gasteiger partial charge in [-0.15, -0.1) is 11.3 Å². The molecule has 1 saturated heterocycles. The largest absolute Gasteiger partial charge is 0.382 e. The lowest BCUT2D eigenvalue weighted by molar-refractivity contribution is 0.00610. The normalized spacial score (nSPS) is 16.1. The van der Waals surface area contributed by atoms with Crippen LogP contribution in [-0.2, 0) is 9.47 Å². The molecule has 118 valence electrons. The molecule has 0 atom stereocenters. The van der Waals surface area contributed by atoms with E-state index in [9.17, 15) is 0 Å². The zero-order valence-corrected chi connectivity index (χ0v) is 13.7. The molecule has 1 aromatic carbocycles. The van der Waals surface area contributed by atoms with Crippen LogP contribution in [0, 0.1) is 0 Å². The van der Waals surface area contributed by atoms with Gasteiger partial charge >= 0.3 is 0 Å². The Kier molecular flexibility index (Phi) is 5.43. The summed E-state index contributed by atoms with van der Waals surface area (Å²) in [4.78, 5) is 7.16. The monoisotopic (exact) mass is 318 g/mol. The van der Waals surface area contributed by atoms with Crippen LogP contribution in [0.5, 0.6) is 0 Å². The Hall–Kier alpha value is -1.43. The van der Waals surface area contributed by atoms with Crippen LogP contribution in [0.15, 0.2) is 35.7 Å². The van der Waals surface area contributed by atoms with Crippen molar-refractivity contribution in [2.75, 3.05) is 38.3 Å². The number of benzene rings is 1. The van der Waals surface area contributed by atoms with Gasteiger partial charge < -0.3 is 14.4 Å². The van der Waals surface area contributed by atoms with Crippen LogP contribution in [0.25, 0.3) is 11.3 Å². The summed E-state index contributed by atoms with van der Waals surface area (Å²) in [5, 5.41) is 3.26. The molecule has 3 rings (SSSR count). The summed E-state index contributed by atoms with van der Waals surface area (Å²) >= 11 is 1.73. The molecule has 5 heteroatoms. The zero-order chi connectivity index (χ0) is 15.2. The molecule has 0 unspecified atom stereocenters. The second-order valence-electron chi connectivity index (χ2n) is 5.43. The summed E-state index contributed by atoms with van der Waals surface area (Å²) in [5.74, 6) is 0. The van der Waals surface area contributed by atoms with Crippen molar-refractivity contribution in [2.45, 2.75) is 18.9 Å². The number of anilines is 1. The van der Waals surface area contributed by atoms with Crippen LogP contribution in [0.3, 0.4) is 0 Å². The Morgan fingerprint density at radius 1 is 1.18 bits per heavy atom. The van der Waals surface area contributed by atoms with E-state index in [2.05, 4.69) is 34.5 Å². The van der Waals surface area contributed by atoms with Gasteiger partial charge in [0.25, 0.3) is 0 Å². The molecule has 0 aliphatic carbocycles. The summed E-state index contributed by atoms with van der Waals surface area (Å²) in [5.41, 5.74) is 2.25. The summed E-state index contributed by atoms with van der Waals surface area (Å²) in [7, 11) is 1.71. The first-order chi connectivity index (χ1) is 10.9. The third-order valence-corrected chi connectivity index (χ3v) is 4.82. The fraction of sp³-hybridized carbons (Fsp3) is 0.471. The maximum atomic E-state index is 5.81. The topological polar surface area (TPSA) is 34.6 Å². The molecule has 0 spiro atoms. The van der Waals surface area contributed by atoms with Crippen molar-refractivity contribution in [3.05, 3.63) is 35.7 Å². The number of aromatic nitrogens is 1. The van der Waals surface area contributed by atoms with Gasteiger partial charge in [-0.3, -0.25) is 0 Å². The van der Waals surface area contributed by atoms with E-state index >= 15 is 0 Å². The van der Waals surface area contributed by atoms with Crippen LogP contribution in [0.4, 0.5) is 5.13 Å². The summed E-state index contributed by atoms with van der Waals surface area (Å²) in [6, 6.07) is 10.4. The second kappa shape index (κ2) is 7.72. The van der Waals surface area contributed by atoms with E-state index in [0.717, 1.165) is 36.8 Å². The fourth-order valence-electron chi connectivity index (χ4n) is 2.66. The quantitative estimate of drug-likeness (QED) is 0.764. The Labute approximate surface area is 135 Å². The first-order valence-corrected chi connectivity index (χ1v) is 8.61. The lowest BCUT2D eigenvalue weighted by Gasteiger charge is -2.31. The number of thiazole rings is 1. The molecule has 1 aliphatic heterocycles. The Morgan fingerprint density at radius 2 is 1.95 bits per heavy atom. The SMILES string of the molecule is COCCOC1CCN(c2nc(-c3ccccc3)cs2)CC1. The van der Waals surface area contributed by atoms with Crippen LogP contribution in [0.1, 0.15) is 12.8 Å². The van der Waals surface area contributed by atoms with E-state index in [1.54, 1.807) is 18.4 Å². The van der Waals surface area contributed by atoms with Crippen molar-refractivity contribution in [1.29, 1.82) is 0 Å². The van der Waals surface area contributed by atoms with Crippen LogP contribution < -0.4 is 4.90 Å². The molecule has 1 aliphatic rings. The highest BCUT2D eigenvalue weighted by atomic mass is 32.1. The average molecular weight is 318 g/mol. The van der Waals surface area contributed by atoms with Gasteiger partial charge in [-0.2, -0.15) is 0 Å². The molecule has 0 bridgehead atoms. The molecular weight excluding hydrogens is 296 g/mol. The highest BCUT2D eigenvalue weighted by molar-refractivity contribution is 7.14. The van der Waals surface area contributed by atoms with Crippen LogP contribution >= 0.6 is 11.3 Å². The average Bonchev–Trinajstić information content (AvgIpc) is 3.07. The van der Waals surface area contributed by atoms with E-state index in [4.69, 9.17) is 14.5 Å². The molecular formula is C17H22N2O2S. The number of methoxy groups -OCH3 is 1. The van der Waals surface area contributed by atoms with Gasteiger partial charge in [0.1, 0.15) is 0 Å². The van der Waals surface area contributed by atoms with E-state index in [1.165, 1.54) is 5.56 Å². The summed E-state index contributed by atoms with van der Waals surface area (Å²) in [6.07, 6.45) is 2.48. The van der Waals surface area contributed by atoms with Gasteiger partial charge in [0.05, 0.1) is 25.0 Å². The first kappa shape index (κ1) is 15.5. The van der Waals surface area contributed by atoms with Crippen molar-refractivity contribution >= 4 is 16.5 Å². The minimum Gasteiger partial charge on any atom is -0.382 e. The first-order valence-electron chi connectivity index (χ1n) is 7.73. The molecule has 22 heavy (non-hydrogen) atoms. The van der Waals surface area contributed by atoms with Gasteiger partial charge in [0.2, 0.25) is 0 Å². The number of nitrogens with zero attached hydrogens (tertiary/aromatic N) is 2. The van der Waals surface area contributed by atoms with E-state index in [0.29, 0.717) is 19.3 Å². The van der Waals surface area contributed by atoms with Gasteiger partial charge in [-0.1, -0.05) is 30.3 Å². The third-order valence-electron chi connectivity index (χ3n) is 3.92. The Bertz CT molecular complexity index is 565. The van der Waals surface area contributed by atoms with Gasteiger partial charge in [0.15, 0.2) is 5.13 Å². The zero-order valence-electron chi connectivity index (χ0n) is 12.9. The standard InChI is InChI=1S/C17H22N2O2S/c1-20-11-12-21-15-7-9-19(10-8-15)17-18-16(13-22-17)14-5-3-2-4-6-14/h2-6,13,15H,7-12H2,1H3. The minimum absolute atomic E-state index is 0.361. The molecule has 4 nitrogen and oxygen atoms in total. The molecule has 2 aromatic rings. The smallest absolute Gasteiger partial charge is 0.185 e. The number of ether oxygens (including phenoxy) is 2. The van der Waals surface area contributed by atoms with Crippen LogP contribution in [0.2, 0.25) is 0 Å². The Balaban J connectivity index is 1.55. The fourth-order valence-corrected chi connectivity index (χ4v) is 3.55. The third kappa shape index (κ3) is 3.85. The Morgan fingerprint density at radius 3 is 2.68 bits per heavy atom. The lowest BCUT2D eigenvalue weighted by Crippen LogP contribution is -2.37. The highest BCUT2D eigenvalue weighted by Crippen LogP contribution is 2.29. The van der Waals surface area contributed by atoms with Gasteiger partial charge in [-0.25, -0.2) is 4.98 Å². The van der Waals surface area contributed by atoms with Gasteiger partial charge in [0, 0.05) is 31.1 Å². The maximum Gasteiger partial charge on any atom is 0.185 e. The van der Waals surface area contributed by atoms with E-state index in [1.807, 2.05) is 6.07 Å². The molecule has 1 aromatic heterocycles. The highest BCUT2D eigenvalue weighted by Gasteiger charge is 2.21. The van der Waals surface area contributed by atoms with Gasteiger partial charge in [-0.05, 0) is 12.8 Å². The summed E-state index contributed by atoms with van der Waals surface area (Å²) in [6.45, 7) is 3.39. The number of hydrogen-bond donors (Lipinski definition) is 0. The molecule has 0 saturated carbocycles. The molecule has 0 amide bonds. The number of rotatable bonds is 6. The number of piperidine rings is 1. The minimum atomic E-state index is 0.361. The van der Waals surface area contributed by atoms with Crippen molar-refractivity contribution in [3.8, 4) is 11.3 Å². The van der Waals surface area contributed by atoms with Crippen molar-refractivity contribution < 1.29 is 9.47 Å². The van der Waals surface area contributed by atoms with E-state index < -0.39 is 0 Å². The molecule has 0 N–H and O–H groups in total. The second-order valence-corrected chi connectivity index (χ2v) is 6.27. The van der Waals surface area contributed by atoms with Crippen LogP contribution in [-0.4, -0.2) is 44.5 Å². The summed E-state index contributed by atoms with van der Waals surface area (Å²) < 4.78 is 10.8. The molecule has 1 fully saturated rings. The number of hydrogen-bond acceptors (Lipinski definition) is 5. The molecule has 2 heterocycles. The van der Waals surface area contributed by atoms with Crippen molar-refractivity contribution in [2.24, 2.45) is 0 Å². The molecule has 0 radical (unpaired) electrons. The van der Waals surface area contributed by atoms with Crippen molar-refractivity contribution in [1.82, 2.24) is 4.98 Å². The van der Waals surface area contributed by atoms with Crippen molar-refractivity contribution in [3.63, 3.8) is 0 Å². The predicted molar refractivity (Wildman–Crippen MR) is 90.6 cm³/mol. The van der Waals surface area contributed by atoms with E-state index in [-0.39, 0.29) is 0 Å². The predicted octanol–water partition coefficient (Wildman–Crippen LogP) is 3.44. The lowest BCUT2D eigenvalue weighted by atomic mass is 10.1. The maximum absolute atomic E-state index is 5.81.